The monoisotopic (exact) mass is 427 g/mol. The van der Waals surface area contributed by atoms with Gasteiger partial charge in [0.25, 0.3) is 5.91 Å². The van der Waals surface area contributed by atoms with E-state index in [9.17, 15) is 18.0 Å². The van der Waals surface area contributed by atoms with Crippen LogP contribution in [0.3, 0.4) is 0 Å². The van der Waals surface area contributed by atoms with Crippen LogP contribution in [0.15, 0.2) is 18.2 Å². The van der Waals surface area contributed by atoms with Crippen LogP contribution in [-0.2, 0) is 0 Å². The maximum absolute atomic E-state index is 12.9. The molecule has 1 fully saturated rings. The number of allylic oxidation sites excluding steroid dienone is 2. The van der Waals surface area contributed by atoms with Crippen molar-refractivity contribution in [2.45, 2.75) is 46.7 Å². The van der Waals surface area contributed by atoms with Gasteiger partial charge in [-0.05, 0) is 41.5 Å². The lowest BCUT2D eigenvalue weighted by Crippen LogP contribution is -2.55. The maximum atomic E-state index is 12.9. The van der Waals surface area contributed by atoms with Crippen molar-refractivity contribution >= 4 is 11.5 Å². The Hall–Kier alpha value is -2.18. The van der Waals surface area contributed by atoms with Crippen molar-refractivity contribution in [1.82, 2.24) is 4.90 Å². The third-order valence-electron chi connectivity index (χ3n) is 5.94. The number of hydrogen-bond acceptors (Lipinski definition) is 3. The predicted molar refractivity (Wildman–Crippen MR) is 112 cm³/mol. The SMILES string of the molecule is CCC(C)/C=C(/c1cc(OC)c(C(=O)N2CC(C(F)(F)F)C2)c(OC)c1)C(C)CC. The summed E-state index contributed by atoms with van der Waals surface area (Å²) >= 11 is 0. The molecule has 0 radical (unpaired) electrons. The Kier molecular flexibility index (Phi) is 7.83. The minimum Gasteiger partial charge on any atom is -0.496 e. The van der Waals surface area contributed by atoms with E-state index in [0.717, 1.165) is 24.0 Å². The van der Waals surface area contributed by atoms with Crippen LogP contribution in [0.5, 0.6) is 11.5 Å². The second-order valence-electron chi connectivity index (χ2n) is 8.02. The Bertz CT molecular complexity index is 757. The van der Waals surface area contributed by atoms with Crippen LogP contribution in [0.25, 0.3) is 5.57 Å². The zero-order chi connectivity index (χ0) is 22.6. The molecule has 0 N–H and O–H groups in total. The van der Waals surface area contributed by atoms with Crippen LogP contribution in [0.1, 0.15) is 56.5 Å². The number of carbonyl (C=O) groups excluding carboxylic acids is 1. The van der Waals surface area contributed by atoms with Gasteiger partial charge in [-0.2, -0.15) is 13.2 Å². The molecule has 0 saturated carbocycles. The molecule has 1 aliphatic rings. The molecule has 2 unspecified atom stereocenters. The van der Waals surface area contributed by atoms with E-state index in [0.29, 0.717) is 17.4 Å². The summed E-state index contributed by atoms with van der Waals surface area (Å²) in [5.74, 6) is -0.697. The first kappa shape index (κ1) is 24.1. The summed E-state index contributed by atoms with van der Waals surface area (Å²) in [5.41, 5.74) is 2.20. The number of methoxy groups -OCH3 is 2. The number of alkyl halides is 3. The number of rotatable bonds is 8. The van der Waals surface area contributed by atoms with Crippen molar-refractivity contribution in [3.8, 4) is 11.5 Å². The summed E-state index contributed by atoms with van der Waals surface area (Å²) < 4.78 is 49.4. The Morgan fingerprint density at radius 3 is 2.07 bits per heavy atom. The lowest BCUT2D eigenvalue weighted by Gasteiger charge is -2.40. The van der Waals surface area contributed by atoms with Crippen LogP contribution >= 0.6 is 0 Å². The average molecular weight is 428 g/mol. The van der Waals surface area contributed by atoms with Gasteiger partial charge in [0, 0.05) is 13.1 Å². The molecule has 1 saturated heterocycles. The number of hydrogen-bond donors (Lipinski definition) is 0. The van der Waals surface area contributed by atoms with Gasteiger partial charge in [0.15, 0.2) is 0 Å². The molecule has 2 atom stereocenters. The summed E-state index contributed by atoms with van der Waals surface area (Å²) in [4.78, 5) is 14.1. The van der Waals surface area contributed by atoms with Gasteiger partial charge < -0.3 is 14.4 Å². The molecule has 0 bridgehead atoms. The lowest BCUT2D eigenvalue weighted by molar-refractivity contribution is -0.202. The summed E-state index contributed by atoms with van der Waals surface area (Å²) in [6, 6.07) is 3.58. The average Bonchev–Trinajstić information content (AvgIpc) is 2.67. The highest BCUT2D eigenvalue weighted by Gasteiger charge is 2.49. The van der Waals surface area contributed by atoms with Crippen molar-refractivity contribution in [3.63, 3.8) is 0 Å². The molecule has 0 spiro atoms. The smallest absolute Gasteiger partial charge is 0.395 e. The van der Waals surface area contributed by atoms with E-state index in [1.807, 2.05) is 0 Å². The van der Waals surface area contributed by atoms with Crippen LogP contribution < -0.4 is 9.47 Å². The van der Waals surface area contributed by atoms with Crippen molar-refractivity contribution in [3.05, 3.63) is 29.3 Å². The fourth-order valence-corrected chi connectivity index (χ4v) is 3.49. The van der Waals surface area contributed by atoms with Crippen LogP contribution in [-0.4, -0.2) is 44.3 Å². The van der Waals surface area contributed by atoms with Crippen LogP contribution in [0, 0.1) is 17.8 Å². The highest BCUT2D eigenvalue weighted by Crippen LogP contribution is 2.40. The molecular weight excluding hydrogens is 395 g/mol. The first-order valence-electron chi connectivity index (χ1n) is 10.4. The van der Waals surface area contributed by atoms with Gasteiger partial charge >= 0.3 is 6.18 Å². The summed E-state index contributed by atoms with van der Waals surface area (Å²) in [6.45, 7) is 7.84. The maximum Gasteiger partial charge on any atom is 0.395 e. The largest absolute Gasteiger partial charge is 0.496 e. The van der Waals surface area contributed by atoms with Crippen molar-refractivity contribution in [2.24, 2.45) is 17.8 Å². The van der Waals surface area contributed by atoms with E-state index >= 15 is 0 Å². The highest BCUT2D eigenvalue weighted by molar-refractivity contribution is 6.01. The van der Waals surface area contributed by atoms with E-state index in [1.165, 1.54) is 19.1 Å². The number of amides is 1. The number of ether oxygens (including phenoxy) is 2. The number of halogens is 3. The molecule has 1 aromatic carbocycles. The molecule has 168 valence electrons. The van der Waals surface area contributed by atoms with Crippen molar-refractivity contribution in [2.75, 3.05) is 27.3 Å². The molecule has 7 heteroatoms. The first-order valence-corrected chi connectivity index (χ1v) is 10.4. The van der Waals surface area contributed by atoms with Crippen molar-refractivity contribution < 1.29 is 27.4 Å². The van der Waals surface area contributed by atoms with Crippen LogP contribution in [0.4, 0.5) is 13.2 Å². The predicted octanol–water partition coefficient (Wildman–Crippen LogP) is 5.81. The Balaban J connectivity index is 2.45. The summed E-state index contributed by atoms with van der Waals surface area (Å²) in [5, 5.41) is 0. The van der Waals surface area contributed by atoms with E-state index in [-0.39, 0.29) is 24.6 Å². The van der Waals surface area contributed by atoms with Gasteiger partial charge in [0.2, 0.25) is 0 Å². The van der Waals surface area contributed by atoms with E-state index < -0.39 is 18.0 Å². The Morgan fingerprint density at radius 2 is 1.67 bits per heavy atom. The van der Waals surface area contributed by atoms with Gasteiger partial charge in [0.1, 0.15) is 17.1 Å². The fraction of sp³-hybridized carbons (Fsp3) is 0.609. The topological polar surface area (TPSA) is 38.8 Å². The quantitative estimate of drug-likeness (QED) is 0.525. The van der Waals surface area contributed by atoms with E-state index in [1.54, 1.807) is 12.1 Å². The number of likely N-dealkylation sites (tertiary alicyclic amines) is 1. The molecule has 30 heavy (non-hydrogen) atoms. The lowest BCUT2D eigenvalue weighted by atomic mass is 9.87. The number of nitrogens with zero attached hydrogens (tertiary/aromatic N) is 1. The molecule has 1 aliphatic heterocycles. The normalized spacial score (nSPS) is 17.4. The third-order valence-corrected chi connectivity index (χ3v) is 5.94. The molecule has 1 aromatic rings. The van der Waals surface area contributed by atoms with Gasteiger partial charge in [-0.25, -0.2) is 0 Å². The molecule has 2 rings (SSSR count). The van der Waals surface area contributed by atoms with Gasteiger partial charge in [0.05, 0.1) is 20.1 Å². The fourth-order valence-electron chi connectivity index (χ4n) is 3.49. The highest BCUT2D eigenvalue weighted by atomic mass is 19.4. The second-order valence-corrected chi connectivity index (χ2v) is 8.02. The molecule has 0 aromatic heterocycles. The van der Waals surface area contributed by atoms with Gasteiger partial charge in [-0.3, -0.25) is 4.79 Å². The first-order chi connectivity index (χ1) is 14.1. The molecule has 1 heterocycles. The summed E-state index contributed by atoms with van der Waals surface area (Å²) in [7, 11) is 2.90. The minimum absolute atomic E-state index is 0.163. The zero-order valence-electron chi connectivity index (χ0n) is 18.6. The van der Waals surface area contributed by atoms with Crippen LogP contribution in [0.2, 0.25) is 0 Å². The Morgan fingerprint density at radius 1 is 1.13 bits per heavy atom. The Labute approximate surface area is 177 Å². The molecule has 4 nitrogen and oxygen atoms in total. The molecular formula is C23H32F3NO3. The summed E-state index contributed by atoms with van der Waals surface area (Å²) in [6.07, 6.45) is -0.117. The van der Waals surface area contributed by atoms with Gasteiger partial charge in [-0.1, -0.05) is 40.2 Å². The number of benzene rings is 1. The standard InChI is InChI=1S/C23H32F3NO3/c1-7-14(3)9-18(15(4)8-2)16-10-19(29-5)21(20(11-16)30-6)22(28)27-12-17(13-27)23(24,25)26/h9-11,14-15,17H,7-8,12-13H2,1-6H3/b18-9+. The molecule has 0 aliphatic carbocycles. The van der Waals surface area contributed by atoms with Gasteiger partial charge in [-0.15, -0.1) is 0 Å². The number of carbonyl (C=O) groups is 1. The second kappa shape index (κ2) is 9.75. The third kappa shape index (κ3) is 5.10. The zero-order valence-corrected chi connectivity index (χ0v) is 18.6. The van der Waals surface area contributed by atoms with Crippen molar-refractivity contribution in [1.29, 1.82) is 0 Å². The van der Waals surface area contributed by atoms with E-state index in [4.69, 9.17) is 9.47 Å². The molecule has 1 amide bonds. The van der Waals surface area contributed by atoms with E-state index in [2.05, 4.69) is 33.8 Å². The minimum atomic E-state index is -4.29.